The summed E-state index contributed by atoms with van der Waals surface area (Å²) in [7, 11) is 0. The molecule has 0 heterocycles. The Balaban J connectivity index is 1.86. The Labute approximate surface area is 157 Å². The fourth-order valence-corrected chi connectivity index (χ4v) is 2.28. The Kier molecular flexibility index (Phi) is 7.10. The lowest BCUT2D eigenvalue weighted by Gasteiger charge is -2.13. The number of carbonyl (C=O) groups excluding carboxylic acids is 1. The van der Waals surface area contributed by atoms with Crippen LogP contribution in [-0.4, -0.2) is 24.8 Å². The van der Waals surface area contributed by atoms with Gasteiger partial charge in [-0.1, -0.05) is 23.2 Å². The number of ether oxygens (including phenoxy) is 1. The Morgan fingerprint density at radius 3 is 2.56 bits per heavy atom. The standard InChI is InChI=1S/C18H19Cl2N3O2/c1-3-25-15-7-4-13(5-8-15)11-21-23-18(24)12(2)22-14-6-9-16(19)17(20)10-14/h4-12,22H,3H2,1-2H3,(H,23,24). The zero-order valence-electron chi connectivity index (χ0n) is 13.9. The minimum Gasteiger partial charge on any atom is -0.494 e. The molecular formula is C18H19Cl2N3O2. The second-order valence-corrected chi connectivity index (χ2v) is 6.05. The number of carbonyl (C=O) groups is 1. The third-order valence-corrected chi connectivity index (χ3v) is 4.01. The maximum atomic E-state index is 12.1. The Morgan fingerprint density at radius 1 is 1.20 bits per heavy atom. The molecule has 0 bridgehead atoms. The van der Waals surface area contributed by atoms with Crippen LogP contribution in [0, 0.1) is 0 Å². The van der Waals surface area contributed by atoms with Crippen LogP contribution in [0.15, 0.2) is 47.6 Å². The average molecular weight is 380 g/mol. The van der Waals surface area contributed by atoms with Gasteiger partial charge in [0.15, 0.2) is 0 Å². The number of nitrogens with one attached hydrogen (secondary N) is 2. The maximum Gasteiger partial charge on any atom is 0.262 e. The largest absolute Gasteiger partial charge is 0.494 e. The van der Waals surface area contributed by atoms with E-state index < -0.39 is 6.04 Å². The van der Waals surface area contributed by atoms with Gasteiger partial charge in [0.1, 0.15) is 11.8 Å². The van der Waals surface area contributed by atoms with Crippen LogP contribution in [0.1, 0.15) is 19.4 Å². The molecule has 0 saturated heterocycles. The van der Waals surface area contributed by atoms with Crippen molar-refractivity contribution in [2.75, 3.05) is 11.9 Å². The molecular weight excluding hydrogens is 361 g/mol. The summed E-state index contributed by atoms with van der Waals surface area (Å²) < 4.78 is 5.37. The third-order valence-electron chi connectivity index (χ3n) is 3.28. The van der Waals surface area contributed by atoms with Gasteiger partial charge in [-0.2, -0.15) is 5.10 Å². The first-order valence-electron chi connectivity index (χ1n) is 7.77. The Morgan fingerprint density at radius 2 is 1.92 bits per heavy atom. The molecule has 2 rings (SSSR count). The summed E-state index contributed by atoms with van der Waals surface area (Å²) in [6.07, 6.45) is 1.57. The van der Waals surface area contributed by atoms with E-state index in [1.165, 1.54) is 0 Å². The van der Waals surface area contributed by atoms with Crippen LogP contribution >= 0.6 is 23.2 Å². The molecule has 25 heavy (non-hydrogen) atoms. The number of hydrazone groups is 1. The van der Waals surface area contributed by atoms with Crippen molar-refractivity contribution < 1.29 is 9.53 Å². The van der Waals surface area contributed by atoms with Crippen molar-refractivity contribution in [1.82, 2.24) is 5.43 Å². The van der Waals surface area contributed by atoms with Crippen LogP contribution in [0.4, 0.5) is 5.69 Å². The minimum atomic E-state index is -0.491. The van der Waals surface area contributed by atoms with Gasteiger partial charge in [-0.3, -0.25) is 4.79 Å². The first-order chi connectivity index (χ1) is 12.0. The van der Waals surface area contributed by atoms with Crippen LogP contribution in [0.25, 0.3) is 0 Å². The van der Waals surface area contributed by atoms with Crippen molar-refractivity contribution in [2.45, 2.75) is 19.9 Å². The van der Waals surface area contributed by atoms with Crippen LogP contribution in [-0.2, 0) is 4.79 Å². The van der Waals surface area contributed by atoms with Crippen LogP contribution in [0.2, 0.25) is 10.0 Å². The van der Waals surface area contributed by atoms with Gasteiger partial charge in [0.25, 0.3) is 5.91 Å². The van der Waals surface area contributed by atoms with Crippen molar-refractivity contribution in [1.29, 1.82) is 0 Å². The van der Waals surface area contributed by atoms with Gasteiger partial charge in [0, 0.05) is 5.69 Å². The maximum absolute atomic E-state index is 12.1. The highest BCUT2D eigenvalue weighted by atomic mass is 35.5. The Hall–Kier alpha value is -2.24. The van der Waals surface area contributed by atoms with E-state index in [1.54, 1.807) is 31.3 Å². The van der Waals surface area contributed by atoms with Gasteiger partial charge in [0.2, 0.25) is 0 Å². The molecule has 2 aromatic rings. The number of amides is 1. The van der Waals surface area contributed by atoms with E-state index >= 15 is 0 Å². The van der Waals surface area contributed by atoms with E-state index in [1.807, 2.05) is 31.2 Å². The predicted molar refractivity (Wildman–Crippen MR) is 103 cm³/mol. The molecule has 2 N–H and O–H groups in total. The lowest BCUT2D eigenvalue weighted by molar-refractivity contribution is -0.121. The molecule has 5 nitrogen and oxygen atoms in total. The molecule has 0 aliphatic heterocycles. The van der Waals surface area contributed by atoms with Gasteiger partial charge in [-0.05, 0) is 61.9 Å². The molecule has 0 aromatic heterocycles. The summed E-state index contributed by atoms with van der Waals surface area (Å²) in [5.41, 5.74) is 4.05. The van der Waals surface area contributed by atoms with Crippen molar-refractivity contribution in [3.05, 3.63) is 58.1 Å². The van der Waals surface area contributed by atoms with E-state index in [0.717, 1.165) is 11.3 Å². The fourth-order valence-electron chi connectivity index (χ4n) is 1.99. The molecule has 132 valence electrons. The molecule has 0 radical (unpaired) electrons. The molecule has 2 aromatic carbocycles. The van der Waals surface area contributed by atoms with Crippen molar-refractivity contribution >= 4 is 41.0 Å². The quantitative estimate of drug-likeness (QED) is 0.555. The number of nitrogens with zero attached hydrogens (tertiary/aromatic N) is 1. The smallest absolute Gasteiger partial charge is 0.262 e. The summed E-state index contributed by atoms with van der Waals surface area (Å²) in [4.78, 5) is 12.1. The summed E-state index contributed by atoms with van der Waals surface area (Å²) in [5, 5.41) is 7.88. The molecule has 1 amide bonds. The zero-order valence-corrected chi connectivity index (χ0v) is 15.4. The zero-order chi connectivity index (χ0) is 18.2. The van der Waals surface area contributed by atoms with Gasteiger partial charge in [-0.25, -0.2) is 5.43 Å². The molecule has 0 aliphatic carbocycles. The number of rotatable bonds is 7. The average Bonchev–Trinajstić information content (AvgIpc) is 2.60. The number of halogens is 2. The molecule has 1 atom stereocenters. The van der Waals surface area contributed by atoms with Gasteiger partial charge in [-0.15, -0.1) is 0 Å². The van der Waals surface area contributed by atoms with E-state index in [0.29, 0.717) is 22.3 Å². The lowest BCUT2D eigenvalue weighted by Crippen LogP contribution is -2.34. The van der Waals surface area contributed by atoms with Crippen molar-refractivity contribution in [3.8, 4) is 5.75 Å². The molecule has 0 fully saturated rings. The van der Waals surface area contributed by atoms with E-state index in [9.17, 15) is 4.79 Å². The molecule has 0 saturated carbocycles. The highest BCUT2D eigenvalue weighted by Crippen LogP contribution is 2.25. The Bertz CT molecular complexity index is 748. The van der Waals surface area contributed by atoms with Gasteiger partial charge >= 0.3 is 0 Å². The molecule has 7 heteroatoms. The molecule has 1 unspecified atom stereocenters. The highest BCUT2D eigenvalue weighted by Gasteiger charge is 2.12. The minimum absolute atomic E-state index is 0.270. The van der Waals surface area contributed by atoms with Crippen LogP contribution in [0.3, 0.4) is 0 Å². The number of benzene rings is 2. The topological polar surface area (TPSA) is 62.7 Å². The normalized spacial score (nSPS) is 12.0. The predicted octanol–water partition coefficient (Wildman–Crippen LogP) is 4.34. The van der Waals surface area contributed by atoms with E-state index in [4.69, 9.17) is 27.9 Å². The fraction of sp³-hybridized carbons (Fsp3) is 0.222. The summed E-state index contributed by atoms with van der Waals surface area (Å²) in [6.45, 7) is 4.27. The first kappa shape index (κ1) is 19.1. The number of hydrogen-bond acceptors (Lipinski definition) is 4. The van der Waals surface area contributed by atoms with Gasteiger partial charge < -0.3 is 10.1 Å². The molecule has 0 spiro atoms. The van der Waals surface area contributed by atoms with Crippen LogP contribution in [0.5, 0.6) is 5.75 Å². The van der Waals surface area contributed by atoms with E-state index in [2.05, 4.69) is 15.8 Å². The number of hydrogen-bond donors (Lipinski definition) is 2. The van der Waals surface area contributed by atoms with Crippen molar-refractivity contribution in [3.63, 3.8) is 0 Å². The van der Waals surface area contributed by atoms with Crippen LogP contribution < -0.4 is 15.5 Å². The van der Waals surface area contributed by atoms with E-state index in [-0.39, 0.29) is 5.91 Å². The third kappa shape index (κ3) is 5.96. The first-order valence-corrected chi connectivity index (χ1v) is 8.52. The second-order valence-electron chi connectivity index (χ2n) is 5.23. The monoisotopic (exact) mass is 379 g/mol. The molecule has 0 aliphatic rings. The van der Waals surface area contributed by atoms with Gasteiger partial charge in [0.05, 0.1) is 22.9 Å². The second kappa shape index (κ2) is 9.30. The number of anilines is 1. The SMILES string of the molecule is CCOc1ccc(C=NNC(=O)C(C)Nc2ccc(Cl)c(Cl)c2)cc1. The summed E-state index contributed by atoms with van der Waals surface area (Å²) in [5.74, 6) is 0.524. The summed E-state index contributed by atoms with van der Waals surface area (Å²) >= 11 is 11.8. The highest BCUT2D eigenvalue weighted by molar-refractivity contribution is 6.42. The van der Waals surface area contributed by atoms with Crippen molar-refractivity contribution in [2.24, 2.45) is 5.10 Å². The summed E-state index contributed by atoms with van der Waals surface area (Å²) in [6, 6.07) is 12.0. The lowest BCUT2D eigenvalue weighted by atomic mass is 10.2.